The Morgan fingerprint density at radius 2 is 1.82 bits per heavy atom. The second-order valence-electron chi connectivity index (χ2n) is 9.97. The Hall–Kier alpha value is -3.63. The van der Waals surface area contributed by atoms with Crippen LogP contribution < -0.4 is 4.90 Å². The summed E-state index contributed by atoms with van der Waals surface area (Å²) in [5.74, 6) is 6.68. The molecule has 0 amide bonds. The first kappa shape index (κ1) is 27.4. The number of carboxylic acids is 1. The minimum absolute atomic E-state index is 0.0588. The van der Waals surface area contributed by atoms with Crippen molar-refractivity contribution in [2.45, 2.75) is 52.7 Å². The van der Waals surface area contributed by atoms with Crippen molar-refractivity contribution in [3.8, 4) is 11.8 Å². The molecule has 0 spiro atoms. The summed E-state index contributed by atoms with van der Waals surface area (Å²) in [7, 11) is 0. The first-order valence-corrected chi connectivity index (χ1v) is 13.5. The molecule has 38 heavy (non-hydrogen) atoms. The molecule has 1 N–H and O–H groups in total. The van der Waals surface area contributed by atoms with Crippen LogP contribution in [0.1, 0.15) is 49.8 Å². The number of ether oxygens (including phenoxy) is 1. The van der Waals surface area contributed by atoms with Crippen molar-refractivity contribution in [2.24, 2.45) is 11.8 Å². The van der Waals surface area contributed by atoms with Gasteiger partial charge >= 0.3 is 5.97 Å². The van der Waals surface area contributed by atoms with Crippen molar-refractivity contribution in [2.75, 3.05) is 31.1 Å². The highest BCUT2D eigenvalue weighted by Gasteiger charge is 2.22. The molecule has 2 atom stereocenters. The van der Waals surface area contributed by atoms with E-state index in [9.17, 15) is 4.79 Å². The van der Waals surface area contributed by atoms with Gasteiger partial charge in [-0.2, -0.15) is 0 Å². The number of aryl methyl sites for hydroxylation is 1. The number of benzene rings is 1. The number of allylic oxidation sites excluding steroid dienone is 3. The summed E-state index contributed by atoms with van der Waals surface area (Å²) in [6.07, 6.45) is 12.9. The Morgan fingerprint density at radius 3 is 2.42 bits per heavy atom. The zero-order valence-corrected chi connectivity index (χ0v) is 22.5. The fourth-order valence-corrected chi connectivity index (χ4v) is 4.91. The Kier molecular flexibility index (Phi) is 9.94. The van der Waals surface area contributed by atoms with Crippen molar-refractivity contribution in [1.82, 2.24) is 14.9 Å². The van der Waals surface area contributed by atoms with Crippen LogP contribution in [0.25, 0.3) is 0 Å². The van der Waals surface area contributed by atoms with Crippen molar-refractivity contribution < 1.29 is 14.6 Å². The molecule has 1 unspecified atom stereocenters. The van der Waals surface area contributed by atoms with Crippen LogP contribution >= 0.6 is 0 Å². The predicted molar refractivity (Wildman–Crippen MR) is 149 cm³/mol. The summed E-state index contributed by atoms with van der Waals surface area (Å²) < 4.78 is 6.00. The quantitative estimate of drug-likeness (QED) is 0.430. The van der Waals surface area contributed by atoms with Crippen molar-refractivity contribution in [3.63, 3.8) is 0 Å². The van der Waals surface area contributed by atoms with Gasteiger partial charge < -0.3 is 14.7 Å². The van der Waals surface area contributed by atoms with Crippen LogP contribution in [-0.4, -0.2) is 52.1 Å². The Morgan fingerprint density at radius 1 is 1.11 bits per heavy atom. The Bertz CT molecular complexity index is 1170. The third-order valence-corrected chi connectivity index (χ3v) is 7.06. The Labute approximate surface area is 226 Å². The van der Waals surface area contributed by atoms with E-state index in [0.29, 0.717) is 6.61 Å². The van der Waals surface area contributed by atoms with Crippen molar-refractivity contribution in [1.29, 1.82) is 0 Å². The molecule has 2 aliphatic rings. The van der Waals surface area contributed by atoms with E-state index in [1.807, 2.05) is 30.6 Å². The van der Waals surface area contributed by atoms with Crippen LogP contribution in [0.5, 0.6) is 0 Å². The molecule has 1 saturated heterocycles. The monoisotopic (exact) mass is 514 g/mol. The lowest BCUT2D eigenvalue weighted by atomic mass is 9.85. The number of piperazine rings is 1. The zero-order valence-electron chi connectivity index (χ0n) is 22.5. The lowest BCUT2D eigenvalue weighted by Crippen LogP contribution is -2.46. The highest BCUT2D eigenvalue weighted by atomic mass is 16.5. The molecule has 7 nitrogen and oxygen atoms in total. The average Bonchev–Trinajstić information content (AvgIpc) is 2.94. The first-order valence-electron chi connectivity index (χ1n) is 13.5. The second-order valence-corrected chi connectivity index (χ2v) is 9.97. The van der Waals surface area contributed by atoms with Gasteiger partial charge in [0.1, 0.15) is 12.4 Å². The predicted octanol–water partition coefficient (Wildman–Crippen LogP) is 4.84. The number of carbonyl (C=O) groups is 1. The summed E-state index contributed by atoms with van der Waals surface area (Å²) in [5, 5.41) is 9.15. The van der Waals surface area contributed by atoms with Gasteiger partial charge in [-0.3, -0.25) is 9.69 Å². The van der Waals surface area contributed by atoms with Gasteiger partial charge in [0, 0.05) is 51.0 Å². The maximum atomic E-state index is 11.1. The van der Waals surface area contributed by atoms with Gasteiger partial charge in [-0.1, -0.05) is 49.6 Å². The first-order chi connectivity index (χ1) is 18.5. The number of hydrogen-bond acceptors (Lipinski definition) is 6. The number of hydrogen-bond donors (Lipinski definition) is 1. The van der Waals surface area contributed by atoms with Crippen LogP contribution in [0.4, 0.5) is 5.95 Å². The van der Waals surface area contributed by atoms with E-state index in [1.54, 1.807) is 6.92 Å². The lowest BCUT2D eigenvalue weighted by Gasteiger charge is -2.34. The maximum Gasteiger partial charge on any atom is 0.304 e. The smallest absolute Gasteiger partial charge is 0.304 e. The minimum Gasteiger partial charge on any atom is -0.489 e. The summed E-state index contributed by atoms with van der Waals surface area (Å²) >= 11 is 0. The fourth-order valence-electron chi connectivity index (χ4n) is 4.91. The van der Waals surface area contributed by atoms with Gasteiger partial charge in [0.05, 0.1) is 6.42 Å². The molecule has 2 aromatic rings. The van der Waals surface area contributed by atoms with Crippen LogP contribution in [0.15, 0.2) is 60.6 Å². The van der Waals surface area contributed by atoms with E-state index in [4.69, 9.17) is 9.84 Å². The molecule has 4 rings (SSSR count). The molecule has 0 radical (unpaired) electrons. The van der Waals surface area contributed by atoms with Crippen LogP contribution in [0.2, 0.25) is 0 Å². The number of aliphatic carboxylic acids is 1. The number of rotatable bonds is 11. The standard InChI is InChI=1S/C31H38N4O3/c1-3-5-26-20-32-31(33-21-26)35-17-15-34(16-18-35)22-24-7-9-25(10-8-24)23-38-29-13-11-27(12-14-29)28(6-4-2)19-30(36)37/h7-11,13-14,20-21,27-28H,3,5,12,15-19,22-23H2,1-2H3,(H,36,37)/t27?,28-/m0/s1. The van der Waals surface area contributed by atoms with Gasteiger partial charge in [-0.25, -0.2) is 9.97 Å². The van der Waals surface area contributed by atoms with Gasteiger partial charge in [0.2, 0.25) is 5.95 Å². The number of aromatic nitrogens is 2. The molecule has 2 heterocycles. The number of anilines is 1. The largest absolute Gasteiger partial charge is 0.489 e. The number of nitrogens with zero attached hydrogens (tertiary/aromatic N) is 4. The molecule has 0 saturated carbocycles. The van der Waals surface area contributed by atoms with E-state index in [1.165, 1.54) is 11.1 Å². The molecule has 0 bridgehead atoms. The third-order valence-electron chi connectivity index (χ3n) is 7.06. The van der Waals surface area contributed by atoms with E-state index in [0.717, 1.165) is 69.3 Å². The minimum atomic E-state index is -0.814. The zero-order chi connectivity index (χ0) is 26.7. The van der Waals surface area contributed by atoms with Crippen LogP contribution in [0, 0.1) is 23.7 Å². The maximum absolute atomic E-state index is 11.1. The van der Waals surface area contributed by atoms with Gasteiger partial charge in [-0.15, -0.1) is 5.92 Å². The summed E-state index contributed by atoms with van der Waals surface area (Å²) in [4.78, 5) is 25.0. The highest BCUT2D eigenvalue weighted by molar-refractivity contribution is 5.67. The van der Waals surface area contributed by atoms with Crippen molar-refractivity contribution in [3.05, 3.63) is 77.3 Å². The van der Waals surface area contributed by atoms with E-state index in [-0.39, 0.29) is 18.3 Å². The Balaban J connectivity index is 1.20. The average molecular weight is 515 g/mol. The molecule has 1 aromatic heterocycles. The summed E-state index contributed by atoms with van der Waals surface area (Å²) in [6.45, 7) is 9.20. The molecular weight excluding hydrogens is 476 g/mol. The fraction of sp³-hybridized carbons (Fsp3) is 0.452. The van der Waals surface area contributed by atoms with Crippen molar-refractivity contribution >= 4 is 11.9 Å². The molecule has 7 heteroatoms. The summed E-state index contributed by atoms with van der Waals surface area (Å²) in [5.41, 5.74) is 3.62. The van der Waals surface area contributed by atoms with Gasteiger partial charge in [0.15, 0.2) is 0 Å². The third kappa shape index (κ3) is 7.93. The van der Waals surface area contributed by atoms with Gasteiger partial charge in [0.25, 0.3) is 0 Å². The topological polar surface area (TPSA) is 78.8 Å². The van der Waals surface area contributed by atoms with E-state index < -0.39 is 5.97 Å². The molecule has 200 valence electrons. The molecule has 1 aromatic carbocycles. The molecule has 1 aliphatic heterocycles. The number of carboxylic acid groups (broad SMARTS) is 1. The van der Waals surface area contributed by atoms with Gasteiger partial charge in [-0.05, 0) is 54.5 Å². The second kappa shape index (κ2) is 13.8. The SMILES string of the molecule is CC#C[C@@H](CC(=O)O)C1C=CC(OCc2ccc(CN3CCN(c4ncc(CCC)cn4)CC3)cc2)=CC1. The van der Waals surface area contributed by atoms with Crippen LogP contribution in [-0.2, 0) is 29.1 Å². The normalized spacial score (nSPS) is 18.3. The van der Waals surface area contributed by atoms with E-state index in [2.05, 4.69) is 62.8 Å². The summed E-state index contributed by atoms with van der Waals surface area (Å²) in [6, 6.07) is 8.63. The highest BCUT2D eigenvalue weighted by Crippen LogP contribution is 2.27. The molecule has 1 aliphatic carbocycles. The molecule has 1 fully saturated rings. The van der Waals surface area contributed by atoms with Crippen LogP contribution in [0.3, 0.4) is 0 Å². The lowest BCUT2D eigenvalue weighted by molar-refractivity contribution is -0.137. The van der Waals surface area contributed by atoms with E-state index >= 15 is 0 Å². The molecular formula is C31H38N4O3.